The number of rotatable bonds is 6. The van der Waals surface area contributed by atoms with Gasteiger partial charge in [-0.25, -0.2) is 21.6 Å². The Morgan fingerprint density at radius 3 is 2.05 bits per heavy atom. The molecule has 0 bridgehead atoms. The molecule has 2 rings (SSSR count). The number of nitrogens with one attached hydrogen (secondary N) is 1. The average molecular weight is 347 g/mol. The standard InChI is InChI=1S/C14H21NO5S2/c1-3-14(10-8-11(16)9-10)15-22(19,20)13-6-4-12(5-7-13)21(2,17)18/h4-7,10-11,14-16H,3,8-9H2,1-2H3. The molecule has 0 heterocycles. The van der Waals surface area contributed by atoms with Crippen LogP contribution < -0.4 is 4.72 Å². The molecule has 6 nitrogen and oxygen atoms in total. The van der Waals surface area contributed by atoms with Crippen LogP contribution in [0.15, 0.2) is 34.1 Å². The molecule has 1 atom stereocenters. The van der Waals surface area contributed by atoms with Gasteiger partial charge in [-0.05, 0) is 49.4 Å². The Kier molecular flexibility index (Phi) is 4.96. The molecule has 1 fully saturated rings. The van der Waals surface area contributed by atoms with Gasteiger partial charge in [-0.3, -0.25) is 0 Å². The summed E-state index contributed by atoms with van der Waals surface area (Å²) in [6.45, 7) is 1.89. The summed E-state index contributed by atoms with van der Waals surface area (Å²) < 4.78 is 50.2. The van der Waals surface area contributed by atoms with E-state index in [-0.39, 0.29) is 27.9 Å². The molecule has 22 heavy (non-hydrogen) atoms. The van der Waals surface area contributed by atoms with Crippen molar-refractivity contribution in [3.05, 3.63) is 24.3 Å². The van der Waals surface area contributed by atoms with Gasteiger partial charge < -0.3 is 5.11 Å². The highest BCUT2D eigenvalue weighted by molar-refractivity contribution is 7.90. The molecule has 1 unspecified atom stereocenters. The molecule has 0 spiro atoms. The summed E-state index contributed by atoms with van der Waals surface area (Å²) in [6.07, 6.45) is 2.58. The van der Waals surface area contributed by atoms with Crippen molar-refractivity contribution in [3.63, 3.8) is 0 Å². The van der Waals surface area contributed by atoms with Gasteiger partial charge in [0.05, 0.1) is 15.9 Å². The van der Waals surface area contributed by atoms with Crippen LogP contribution in [0.25, 0.3) is 0 Å². The van der Waals surface area contributed by atoms with Crippen molar-refractivity contribution >= 4 is 19.9 Å². The Labute approximate surface area is 131 Å². The number of sulfonamides is 1. The maximum Gasteiger partial charge on any atom is 0.240 e. The molecule has 2 N–H and O–H groups in total. The summed E-state index contributed by atoms with van der Waals surface area (Å²) >= 11 is 0. The molecule has 0 amide bonds. The quantitative estimate of drug-likeness (QED) is 0.797. The van der Waals surface area contributed by atoms with Crippen LogP contribution in [-0.2, 0) is 19.9 Å². The zero-order chi connectivity index (χ0) is 16.5. The van der Waals surface area contributed by atoms with Crippen molar-refractivity contribution in [2.24, 2.45) is 5.92 Å². The second kappa shape index (κ2) is 6.27. The Morgan fingerprint density at radius 1 is 1.14 bits per heavy atom. The summed E-state index contributed by atoms with van der Waals surface area (Å²) in [4.78, 5) is 0.124. The van der Waals surface area contributed by atoms with Crippen LogP contribution in [0.5, 0.6) is 0 Å². The molecule has 1 saturated carbocycles. The second-order valence-corrected chi connectivity index (χ2v) is 9.49. The number of aliphatic hydroxyl groups is 1. The molecular weight excluding hydrogens is 326 g/mol. The number of aliphatic hydroxyl groups excluding tert-OH is 1. The van der Waals surface area contributed by atoms with Gasteiger partial charge in [0.15, 0.2) is 9.84 Å². The fraction of sp³-hybridized carbons (Fsp3) is 0.571. The highest BCUT2D eigenvalue weighted by Crippen LogP contribution is 2.32. The summed E-state index contributed by atoms with van der Waals surface area (Å²) in [5, 5.41) is 9.35. The highest BCUT2D eigenvalue weighted by Gasteiger charge is 2.35. The van der Waals surface area contributed by atoms with E-state index in [1.807, 2.05) is 6.92 Å². The van der Waals surface area contributed by atoms with E-state index in [0.717, 1.165) is 6.26 Å². The summed E-state index contributed by atoms with van der Waals surface area (Å²) in [7, 11) is -7.05. The molecule has 0 saturated heterocycles. The maximum absolute atomic E-state index is 12.4. The summed E-state index contributed by atoms with van der Waals surface area (Å²) in [5.74, 6) is 0.144. The minimum absolute atomic E-state index is 0.0400. The van der Waals surface area contributed by atoms with Crippen molar-refractivity contribution in [3.8, 4) is 0 Å². The number of sulfone groups is 1. The lowest BCUT2D eigenvalue weighted by atomic mass is 9.77. The van der Waals surface area contributed by atoms with Crippen molar-refractivity contribution < 1.29 is 21.9 Å². The fourth-order valence-corrected chi connectivity index (χ4v) is 4.62. The molecule has 0 aromatic heterocycles. The lowest BCUT2D eigenvalue weighted by Gasteiger charge is -2.37. The maximum atomic E-state index is 12.4. The Bertz CT molecular complexity index is 719. The van der Waals surface area contributed by atoms with E-state index >= 15 is 0 Å². The molecule has 8 heteroatoms. The Hall–Kier alpha value is -0.960. The average Bonchev–Trinajstić information content (AvgIpc) is 2.41. The van der Waals surface area contributed by atoms with E-state index in [4.69, 9.17) is 0 Å². The first kappa shape index (κ1) is 17.4. The normalized spacial score (nSPS) is 23.8. The predicted octanol–water partition coefficient (Wildman–Crippen LogP) is 0.918. The van der Waals surface area contributed by atoms with Crippen molar-refractivity contribution in [1.82, 2.24) is 4.72 Å². The smallest absolute Gasteiger partial charge is 0.240 e. The van der Waals surface area contributed by atoms with Crippen LogP contribution >= 0.6 is 0 Å². The van der Waals surface area contributed by atoms with E-state index in [1.165, 1.54) is 24.3 Å². The number of benzene rings is 1. The van der Waals surface area contributed by atoms with Crippen LogP contribution in [0.3, 0.4) is 0 Å². The van der Waals surface area contributed by atoms with Crippen LogP contribution in [0.4, 0.5) is 0 Å². The minimum atomic E-state index is -3.70. The van der Waals surface area contributed by atoms with Crippen LogP contribution in [0, 0.1) is 5.92 Å². The lowest BCUT2D eigenvalue weighted by Crippen LogP contribution is -2.46. The van der Waals surface area contributed by atoms with E-state index in [9.17, 15) is 21.9 Å². The van der Waals surface area contributed by atoms with Crippen LogP contribution in [-0.4, -0.2) is 40.3 Å². The largest absolute Gasteiger partial charge is 0.393 e. The molecule has 1 aliphatic carbocycles. The van der Waals surface area contributed by atoms with E-state index in [0.29, 0.717) is 19.3 Å². The fourth-order valence-electron chi connectivity index (χ4n) is 2.60. The topological polar surface area (TPSA) is 101 Å². The molecule has 1 aromatic carbocycles. The lowest BCUT2D eigenvalue weighted by molar-refractivity contribution is 0.0277. The van der Waals surface area contributed by atoms with Gasteiger partial charge in [0, 0.05) is 12.3 Å². The summed E-state index contributed by atoms with van der Waals surface area (Å²) in [6, 6.07) is 4.95. The molecule has 0 radical (unpaired) electrons. The van der Waals surface area contributed by atoms with E-state index in [2.05, 4.69) is 4.72 Å². The first-order valence-corrected chi connectivity index (χ1v) is 10.5. The van der Waals surface area contributed by atoms with Gasteiger partial charge in [0.25, 0.3) is 0 Å². The number of hydrogen-bond acceptors (Lipinski definition) is 5. The zero-order valence-corrected chi connectivity index (χ0v) is 14.2. The first-order valence-electron chi connectivity index (χ1n) is 7.14. The van der Waals surface area contributed by atoms with Gasteiger partial charge in [-0.2, -0.15) is 0 Å². The minimum Gasteiger partial charge on any atom is -0.393 e. The monoisotopic (exact) mass is 347 g/mol. The van der Waals surface area contributed by atoms with Gasteiger partial charge in [0.1, 0.15) is 0 Å². The third-order valence-electron chi connectivity index (χ3n) is 4.03. The predicted molar refractivity (Wildman–Crippen MR) is 82.7 cm³/mol. The van der Waals surface area contributed by atoms with Crippen molar-refractivity contribution in [1.29, 1.82) is 0 Å². The third-order valence-corrected chi connectivity index (χ3v) is 6.66. The zero-order valence-electron chi connectivity index (χ0n) is 12.6. The van der Waals surface area contributed by atoms with Crippen LogP contribution in [0.2, 0.25) is 0 Å². The molecule has 1 aliphatic rings. The van der Waals surface area contributed by atoms with Crippen LogP contribution in [0.1, 0.15) is 26.2 Å². The first-order chi connectivity index (χ1) is 10.1. The molecular formula is C14H21NO5S2. The highest BCUT2D eigenvalue weighted by atomic mass is 32.2. The van der Waals surface area contributed by atoms with Gasteiger partial charge in [-0.1, -0.05) is 6.92 Å². The van der Waals surface area contributed by atoms with Crippen molar-refractivity contribution in [2.75, 3.05) is 6.26 Å². The van der Waals surface area contributed by atoms with E-state index < -0.39 is 19.9 Å². The SMILES string of the molecule is CCC(NS(=O)(=O)c1ccc(S(C)(=O)=O)cc1)C1CC(O)C1. The molecule has 124 valence electrons. The van der Waals surface area contributed by atoms with Gasteiger partial charge >= 0.3 is 0 Å². The Balaban J connectivity index is 2.16. The molecule has 0 aliphatic heterocycles. The van der Waals surface area contributed by atoms with Crippen molar-refractivity contribution in [2.45, 2.75) is 48.1 Å². The van der Waals surface area contributed by atoms with E-state index in [1.54, 1.807) is 0 Å². The second-order valence-electron chi connectivity index (χ2n) is 5.76. The third kappa shape index (κ3) is 3.87. The van der Waals surface area contributed by atoms with Gasteiger partial charge in [0.2, 0.25) is 10.0 Å². The van der Waals surface area contributed by atoms with Gasteiger partial charge in [-0.15, -0.1) is 0 Å². The Morgan fingerprint density at radius 2 is 1.64 bits per heavy atom. The summed E-state index contributed by atoms with van der Waals surface area (Å²) in [5.41, 5.74) is 0. The molecule has 1 aromatic rings. The number of hydrogen-bond donors (Lipinski definition) is 2.